The van der Waals surface area contributed by atoms with Gasteiger partial charge >= 0.3 is 0 Å². The van der Waals surface area contributed by atoms with E-state index in [0.717, 1.165) is 18.5 Å². The molecule has 2 fully saturated rings. The number of allylic oxidation sites excluding steroid dienone is 1. The summed E-state index contributed by atoms with van der Waals surface area (Å²) in [6, 6.07) is 1.01. The lowest BCUT2D eigenvalue weighted by Gasteiger charge is -2.51. The lowest BCUT2D eigenvalue weighted by atomic mass is 9.79. The molecule has 28 heavy (non-hydrogen) atoms. The third kappa shape index (κ3) is 9.81. The third-order valence-electron chi connectivity index (χ3n) is 4.87. The molecule has 2 aliphatic rings. The summed E-state index contributed by atoms with van der Waals surface area (Å²) in [5.41, 5.74) is 0.642. The summed E-state index contributed by atoms with van der Waals surface area (Å²) in [7, 11) is 1.81. The molecule has 5 nitrogen and oxygen atoms in total. The summed E-state index contributed by atoms with van der Waals surface area (Å²) in [5.74, 6) is 2.62. The number of thioether (sulfide) groups is 1. The number of nitrogens with zero attached hydrogens (tertiary/aromatic N) is 1. The van der Waals surface area contributed by atoms with Crippen molar-refractivity contribution in [1.82, 2.24) is 21.0 Å². The van der Waals surface area contributed by atoms with E-state index in [1.54, 1.807) is 0 Å². The van der Waals surface area contributed by atoms with E-state index in [-0.39, 0.29) is 11.1 Å². The Bertz CT molecular complexity index is 459. The van der Waals surface area contributed by atoms with E-state index in [4.69, 9.17) is 12.2 Å². The van der Waals surface area contributed by atoms with Crippen molar-refractivity contribution in [3.63, 3.8) is 0 Å². The molecular weight excluding hydrogens is 388 g/mol. The molecule has 2 rings (SSSR count). The lowest BCUT2D eigenvalue weighted by Crippen LogP contribution is -2.63. The molecule has 4 N–H and O–H groups in total. The van der Waals surface area contributed by atoms with Crippen molar-refractivity contribution in [2.45, 2.75) is 97.3 Å². The zero-order chi connectivity index (χ0) is 22.0. The summed E-state index contributed by atoms with van der Waals surface area (Å²) < 4.78 is 0. The Hall–Kier alpha value is -0.500. The van der Waals surface area contributed by atoms with E-state index in [1.165, 1.54) is 29.4 Å². The minimum absolute atomic E-state index is 0.233. The fourth-order valence-electron chi connectivity index (χ4n) is 3.82. The SMILES string of the molecule is C=C(C)NC1CCSCC1.CC.CNC(=S)NC1CC(C)(C)N(O)C(C)(C)C1. The van der Waals surface area contributed by atoms with Crippen LogP contribution in [0.15, 0.2) is 12.3 Å². The van der Waals surface area contributed by atoms with Gasteiger partial charge in [-0.05, 0) is 84.0 Å². The molecule has 2 aliphatic heterocycles. The fourth-order valence-corrected chi connectivity index (χ4v) is 5.09. The molecular formula is C21H44N4OS2. The van der Waals surface area contributed by atoms with Gasteiger partial charge in [0.15, 0.2) is 5.11 Å². The first-order valence-corrected chi connectivity index (χ1v) is 12.0. The van der Waals surface area contributed by atoms with Gasteiger partial charge in [-0.3, -0.25) is 0 Å². The van der Waals surface area contributed by atoms with Crippen molar-refractivity contribution in [2.75, 3.05) is 18.6 Å². The summed E-state index contributed by atoms with van der Waals surface area (Å²) >= 11 is 7.17. The molecule has 2 saturated heterocycles. The topological polar surface area (TPSA) is 59.6 Å². The average Bonchev–Trinajstić information content (AvgIpc) is 2.61. The van der Waals surface area contributed by atoms with Gasteiger partial charge in [0.25, 0.3) is 0 Å². The van der Waals surface area contributed by atoms with E-state index in [0.29, 0.717) is 17.2 Å². The van der Waals surface area contributed by atoms with Crippen molar-refractivity contribution in [3.8, 4) is 0 Å². The highest BCUT2D eigenvalue weighted by Crippen LogP contribution is 2.36. The Balaban J connectivity index is 0.000000520. The van der Waals surface area contributed by atoms with Crippen LogP contribution in [0.3, 0.4) is 0 Å². The molecule has 7 heteroatoms. The van der Waals surface area contributed by atoms with Crippen molar-refractivity contribution in [1.29, 1.82) is 0 Å². The Morgan fingerprint density at radius 1 is 1.04 bits per heavy atom. The van der Waals surface area contributed by atoms with Crippen molar-refractivity contribution < 1.29 is 5.21 Å². The van der Waals surface area contributed by atoms with Crippen molar-refractivity contribution in [3.05, 3.63) is 12.3 Å². The molecule has 0 aliphatic carbocycles. The molecule has 0 aromatic carbocycles. The number of piperidine rings is 1. The van der Waals surface area contributed by atoms with Crippen molar-refractivity contribution in [2.24, 2.45) is 0 Å². The van der Waals surface area contributed by atoms with Gasteiger partial charge < -0.3 is 21.2 Å². The van der Waals surface area contributed by atoms with Crippen LogP contribution in [0.5, 0.6) is 0 Å². The van der Waals surface area contributed by atoms with Crippen LogP contribution in [-0.2, 0) is 0 Å². The van der Waals surface area contributed by atoms with Gasteiger partial charge in [0.1, 0.15) is 0 Å². The van der Waals surface area contributed by atoms with Crippen LogP contribution in [0.1, 0.15) is 74.1 Å². The molecule has 0 saturated carbocycles. The summed E-state index contributed by atoms with van der Waals surface area (Å²) in [6.45, 7) is 18.0. The van der Waals surface area contributed by atoms with Crippen LogP contribution in [0.25, 0.3) is 0 Å². The van der Waals surface area contributed by atoms with Crippen LogP contribution >= 0.6 is 24.0 Å². The highest BCUT2D eigenvalue weighted by molar-refractivity contribution is 7.99. The normalized spacial score (nSPS) is 21.9. The zero-order valence-electron chi connectivity index (χ0n) is 19.3. The second-order valence-corrected chi connectivity index (χ2v) is 10.2. The zero-order valence-corrected chi connectivity index (χ0v) is 20.9. The first kappa shape index (κ1) is 27.5. The predicted molar refractivity (Wildman–Crippen MR) is 129 cm³/mol. The molecule has 0 spiro atoms. The van der Waals surface area contributed by atoms with Crippen LogP contribution in [-0.4, -0.2) is 57.1 Å². The molecule has 0 unspecified atom stereocenters. The molecule has 0 amide bonds. The smallest absolute Gasteiger partial charge is 0.166 e. The van der Waals surface area contributed by atoms with Crippen LogP contribution in [0.4, 0.5) is 0 Å². The maximum absolute atomic E-state index is 10.1. The second kappa shape index (κ2) is 12.9. The number of thiocarbonyl (C=S) groups is 1. The minimum atomic E-state index is -0.233. The highest BCUT2D eigenvalue weighted by Gasteiger charge is 2.45. The minimum Gasteiger partial charge on any atom is -0.386 e. The molecule has 2 heterocycles. The van der Waals surface area contributed by atoms with E-state index in [9.17, 15) is 5.21 Å². The summed E-state index contributed by atoms with van der Waals surface area (Å²) in [5, 5.41) is 21.9. The standard InChI is InChI=1S/C11H23N3OS.C8H15NS.C2H6/c1-10(2)6-8(13-9(16)12-5)7-11(3,4)14(10)15;1-7(2)9-8-3-5-10-6-4-8;1-2/h8,15H,6-7H2,1-5H3,(H2,12,13,16);8-9H,1,3-6H2,2H3;1-2H3. The predicted octanol–water partition coefficient (Wildman–Crippen LogP) is 4.52. The monoisotopic (exact) mass is 432 g/mol. The van der Waals surface area contributed by atoms with E-state index >= 15 is 0 Å². The Kier molecular flexibility index (Phi) is 12.7. The van der Waals surface area contributed by atoms with Gasteiger partial charge in [0.05, 0.1) is 0 Å². The van der Waals surface area contributed by atoms with Gasteiger partial charge in [-0.1, -0.05) is 20.4 Å². The average molecular weight is 433 g/mol. The Morgan fingerprint density at radius 2 is 1.50 bits per heavy atom. The molecule has 0 aromatic rings. The van der Waals surface area contributed by atoms with Crippen LogP contribution in [0, 0.1) is 0 Å². The van der Waals surface area contributed by atoms with Gasteiger partial charge in [0, 0.05) is 35.9 Å². The van der Waals surface area contributed by atoms with Crippen LogP contribution in [0.2, 0.25) is 0 Å². The van der Waals surface area contributed by atoms with Crippen LogP contribution < -0.4 is 16.0 Å². The quantitative estimate of drug-likeness (QED) is 0.489. The highest BCUT2D eigenvalue weighted by atomic mass is 32.2. The number of nitrogens with one attached hydrogen (secondary N) is 3. The number of rotatable bonds is 3. The summed E-state index contributed by atoms with van der Waals surface area (Å²) in [4.78, 5) is 0. The molecule has 166 valence electrons. The van der Waals surface area contributed by atoms with Crippen molar-refractivity contribution >= 4 is 29.1 Å². The lowest BCUT2D eigenvalue weighted by molar-refractivity contribution is -0.245. The van der Waals surface area contributed by atoms with Gasteiger partial charge in [0.2, 0.25) is 0 Å². The maximum atomic E-state index is 10.1. The van der Waals surface area contributed by atoms with Gasteiger partial charge in [-0.2, -0.15) is 16.8 Å². The number of hydrogen-bond acceptors (Lipinski definition) is 5. The van der Waals surface area contributed by atoms with E-state index in [1.807, 2.05) is 55.5 Å². The first-order chi connectivity index (χ1) is 13.0. The molecule has 0 bridgehead atoms. The van der Waals surface area contributed by atoms with E-state index in [2.05, 4.69) is 34.3 Å². The molecule has 0 aromatic heterocycles. The maximum Gasteiger partial charge on any atom is 0.166 e. The summed E-state index contributed by atoms with van der Waals surface area (Å²) in [6.07, 6.45) is 4.35. The molecule has 0 radical (unpaired) electrons. The Labute approximate surface area is 183 Å². The van der Waals surface area contributed by atoms with Gasteiger partial charge in [-0.25, -0.2) is 0 Å². The third-order valence-corrected chi connectivity index (χ3v) is 6.24. The fraction of sp³-hybridized carbons (Fsp3) is 0.857. The number of hydroxylamine groups is 2. The van der Waals surface area contributed by atoms with E-state index < -0.39 is 0 Å². The second-order valence-electron chi connectivity index (χ2n) is 8.58. The largest absolute Gasteiger partial charge is 0.386 e. The number of hydrogen-bond donors (Lipinski definition) is 4. The Morgan fingerprint density at radius 3 is 1.89 bits per heavy atom. The molecule has 0 atom stereocenters. The van der Waals surface area contributed by atoms with Gasteiger partial charge in [-0.15, -0.1) is 0 Å². The first-order valence-electron chi connectivity index (χ1n) is 10.4.